The molecule has 1 atom stereocenters. The first kappa shape index (κ1) is 12.5. The Labute approximate surface area is 114 Å². The lowest BCUT2D eigenvalue weighted by atomic mass is 10.00. The van der Waals surface area contributed by atoms with Gasteiger partial charge in [0.15, 0.2) is 0 Å². The molecule has 19 heavy (non-hydrogen) atoms. The molecule has 3 nitrogen and oxygen atoms in total. The molecule has 3 rings (SSSR count). The highest BCUT2D eigenvalue weighted by Gasteiger charge is 2.20. The maximum atomic E-state index is 4.65. The average molecular weight is 255 g/mol. The number of benzene rings is 1. The number of aromatic nitrogens is 2. The highest BCUT2D eigenvalue weighted by atomic mass is 14.9. The zero-order valence-electron chi connectivity index (χ0n) is 11.5. The third-order valence-corrected chi connectivity index (χ3v) is 4.21. The van der Waals surface area contributed by atoms with Gasteiger partial charge in [-0.15, -0.1) is 0 Å². The van der Waals surface area contributed by atoms with Gasteiger partial charge in [-0.05, 0) is 37.8 Å². The molecule has 0 aliphatic heterocycles. The standard InChI is InChI=1S/C16H21N3/c1-12(13-6-2-3-7-13)17-10-14-11-18-15-8-4-5-9-16(15)19-14/h4-5,8-9,11-13,17H,2-3,6-7,10H2,1H3/t12-/m1/s1. The maximum absolute atomic E-state index is 4.65. The van der Waals surface area contributed by atoms with Gasteiger partial charge in [0.1, 0.15) is 0 Å². The van der Waals surface area contributed by atoms with E-state index in [1.54, 1.807) is 0 Å². The van der Waals surface area contributed by atoms with Crippen LogP contribution in [0.2, 0.25) is 0 Å². The van der Waals surface area contributed by atoms with Gasteiger partial charge in [-0.1, -0.05) is 25.0 Å². The molecule has 1 aliphatic rings. The van der Waals surface area contributed by atoms with E-state index in [9.17, 15) is 0 Å². The fraction of sp³-hybridized carbons (Fsp3) is 0.500. The molecule has 100 valence electrons. The Balaban J connectivity index is 1.64. The first-order valence-electron chi connectivity index (χ1n) is 7.27. The summed E-state index contributed by atoms with van der Waals surface area (Å²) >= 11 is 0. The van der Waals surface area contributed by atoms with Gasteiger partial charge in [0.25, 0.3) is 0 Å². The normalized spacial score (nSPS) is 17.9. The molecule has 0 saturated heterocycles. The average Bonchev–Trinajstić information content (AvgIpc) is 2.99. The summed E-state index contributed by atoms with van der Waals surface area (Å²) in [5, 5.41) is 3.60. The molecule has 2 aromatic rings. The summed E-state index contributed by atoms with van der Waals surface area (Å²) in [5.74, 6) is 0.841. The summed E-state index contributed by atoms with van der Waals surface area (Å²) < 4.78 is 0. The molecular weight excluding hydrogens is 234 g/mol. The summed E-state index contributed by atoms with van der Waals surface area (Å²) in [6.07, 6.45) is 7.42. The van der Waals surface area contributed by atoms with E-state index in [1.165, 1.54) is 25.7 Å². The fourth-order valence-electron chi connectivity index (χ4n) is 2.97. The molecule has 1 N–H and O–H groups in total. The van der Waals surface area contributed by atoms with Crippen molar-refractivity contribution in [3.05, 3.63) is 36.2 Å². The largest absolute Gasteiger partial charge is 0.308 e. The number of hydrogen-bond donors (Lipinski definition) is 1. The summed E-state index contributed by atoms with van der Waals surface area (Å²) in [7, 11) is 0. The highest BCUT2D eigenvalue weighted by molar-refractivity contribution is 5.73. The first-order chi connectivity index (χ1) is 9.33. The molecule has 0 unspecified atom stereocenters. The van der Waals surface area contributed by atoms with Crippen LogP contribution in [-0.4, -0.2) is 16.0 Å². The van der Waals surface area contributed by atoms with Crippen LogP contribution in [0.4, 0.5) is 0 Å². The molecular formula is C16H21N3. The monoisotopic (exact) mass is 255 g/mol. The van der Waals surface area contributed by atoms with Crippen molar-refractivity contribution >= 4 is 11.0 Å². The predicted octanol–water partition coefficient (Wildman–Crippen LogP) is 3.30. The molecule has 1 heterocycles. The number of nitrogens with one attached hydrogen (secondary N) is 1. The third-order valence-electron chi connectivity index (χ3n) is 4.21. The molecule has 0 spiro atoms. The Morgan fingerprint density at radius 1 is 1.21 bits per heavy atom. The van der Waals surface area contributed by atoms with Crippen molar-refractivity contribution in [2.75, 3.05) is 0 Å². The van der Waals surface area contributed by atoms with Crippen LogP contribution in [0.3, 0.4) is 0 Å². The van der Waals surface area contributed by atoms with E-state index >= 15 is 0 Å². The van der Waals surface area contributed by atoms with Gasteiger partial charge >= 0.3 is 0 Å². The van der Waals surface area contributed by atoms with Crippen LogP contribution in [0, 0.1) is 5.92 Å². The van der Waals surface area contributed by atoms with Crippen molar-refractivity contribution in [2.24, 2.45) is 5.92 Å². The van der Waals surface area contributed by atoms with Crippen LogP contribution < -0.4 is 5.32 Å². The molecule has 1 saturated carbocycles. The zero-order chi connectivity index (χ0) is 13.1. The molecule has 1 aromatic carbocycles. The summed E-state index contributed by atoms with van der Waals surface area (Å²) in [6.45, 7) is 3.11. The minimum absolute atomic E-state index is 0.579. The van der Waals surface area contributed by atoms with E-state index in [0.29, 0.717) is 6.04 Å². The second-order valence-electron chi connectivity index (χ2n) is 5.56. The SMILES string of the molecule is C[C@@H](NCc1cnc2ccccc2n1)C1CCCC1. The third kappa shape index (κ3) is 2.92. The van der Waals surface area contributed by atoms with Gasteiger partial charge in [0.05, 0.1) is 22.9 Å². The van der Waals surface area contributed by atoms with E-state index in [4.69, 9.17) is 0 Å². The number of hydrogen-bond acceptors (Lipinski definition) is 3. The van der Waals surface area contributed by atoms with Crippen LogP contribution in [0.15, 0.2) is 30.5 Å². The van der Waals surface area contributed by atoms with Gasteiger partial charge in [0, 0.05) is 12.6 Å². The molecule has 1 aliphatic carbocycles. The van der Waals surface area contributed by atoms with E-state index in [-0.39, 0.29) is 0 Å². The van der Waals surface area contributed by atoms with Gasteiger partial charge in [-0.3, -0.25) is 4.98 Å². The van der Waals surface area contributed by atoms with E-state index in [1.807, 2.05) is 30.5 Å². The topological polar surface area (TPSA) is 37.8 Å². The van der Waals surface area contributed by atoms with Crippen LogP contribution in [-0.2, 0) is 6.54 Å². The Bertz CT molecular complexity index is 546. The van der Waals surface area contributed by atoms with Crippen LogP contribution in [0.1, 0.15) is 38.3 Å². The van der Waals surface area contributed by atoms with Crippen molar-refractivity contribution in [1.82, 2.24) is 15.3 Å². The van der Waals surface area contributed by atoms with Gasteiger partial charge in [0.2, 0.25) is 0 Å². The molecule has 1 fully saturated rings. The van der Waals surface area contributed by atoms with E-state index < -0.39 is 0 Å². The second kappa shape index (κ2) is 5.66. The maximum Gasteiger partial charge on any atom is 0.0890 e. The Kier molecular flexibility index (Phi) is 3.74. The van der Waals surface area contributed by atoms with Gasteiger partial charge < -0.3 is 5.32 Å². The minimum Gasteiger partial charge on any atom is -0.308 e. The Hall–Kier alpha value is -1.48. The Morgan fingerprint density at radius 3 is 2.74 bits per heavy atom. The van der Waals surface area contributed by atoms with E-state index in [0.717, 1.165) is 29.2 Å². The van der Waals surface area contributed by atoms with Crippen LogP contribution >= 0.6 is 0 Å². The van der Waals surface area contributed by atoms with Crippen LogP contribution in [0.25, 0.3) is 11.0 Å². The molecule has 0 amide bonds. The zero-order valence-corrected chi connectivity index (χ0v) is 11.5. The quantitative estimate of drug-likeness (QED) is 0.911. The number of fused-ring (bicyclic) bond motifs is 1. The summed E-state index contributed by atoms with van der Waals surface area (Å²) in [5.41, 5.74) is 2.98. The van der Waals surface area contributed by atoms with Gasteiger partial charge in [-0.2, -0.15) is 0 Å². The summed E-state index contributed by atoms with van der Waals surface area (Å²) in [6, 6.07) is 8.61. The molecule has 1 aromatic heterocycles. The highest BCUT2D eigenvalue weighted by Crippen LogP contribution is 2.27. The Morgan fingerprint density at radius 2 is 1.95 bits per heavy atom. The fourth-order valence-corrected chi connectivity index (χ4v) is 2.97. The molecule has 0 bridgehead atoms. The predicted molar refractivity (Wildman–Crippen MR) is 77.8 cm³/mol. The van der Waals surface area contributed by atoms with Crippen molar-refractivity contribution in [3.8, 4) is 0 Å². The number of nitrogens with zero attached hydrogens (tertiary/aromatic N) is 2. The minimum atomic E-state index is 0.579. The second-order valence-corrected chi connectivity index (χ2v) is 5.56. The van der Waals surface area contributed by atoms with E-state index in [2.05, 4.69) is 22.2 Å². The summed E-state index contributed by atoms with van der Waals surface area (Å²) in [4.78, 5) is 9.10. The lowest BCUT2D eigenvalue weighted by molar-refractivity contribution is 0.379. The van der Waals surface area contributed by atoms with Crippen molar-refractivity contribution in [1.29, 1.82) is 0 Å². The number of para-hydroxylation sites is 2. The number of rotatable bonds is 4. The lowest BCUT2D eigenvalue weighted by Crippen LogP contribution is -2.32. The van der Waals surface area contributed by atoms with Crippen molar-refractivity contribution in [2.45, 2.75) is 45.2 Å². The smallest absolute Gasteiger partial charge is 0.0890 e. The lowest BCUT2D eigenvalue weighted by Gasteiger charge is -2.20. The molecule has 3 heteroatoms. The van der Waals surface area contributed by atoms with Crippen LogP contribution in [0.5, 0.6) is 0 Å². The molecule has 0 radical (unpaired) electrons. The van der Waals surface area contributed by atoms with Crippen molar-refractivity contribution in [3.63, 3.8) is 0 Å². The first-order valence-corrected chi connectivity index (χ1v) is 7.27. The van der Waals surface area contributed by atoms with Gasteiger partial charge in [-0.25, -0.2) is 4.98 Å². The van der Waals surface area contributed by atoms with Crippen molar-refractivity contribution < 1.29 is 0 Å².